The molecule has 0 spiro atoms. The van der Waals surface area contributed by atoms with E-state index in [0.717, 1.165) is 11.3 Å². The Balaban J connectivity index is 2.41. The van der Waals surface area contributed by atoms with Crippen LogP contribution in [0.4, 0.5) is 0 Å². The first-order valence-corrected chi connectivity index (χ1v) is 8.02. The van der Waals surface area contributed by atoms with E-state index in [-0.39, 0.29) is 17.7 Å². The highest BCUT2D eigenvalue weighted by atomic mass is 16.2. The minimum absolute atomic E-state index is 0.165. The molecule has 0 aromatic rings. The van der Waals surface area contributed by atoms with Crippen molar-refractivity contribution in [2.45, 2.75) is 59.0 Å². The second-order valence-electron chi connectivity index (χ2n) is 6.55. The van der Waals surface area contributed by atoms with E-state index in [4.69, 9.17) is 0 Å². The predicted octanol–water partition coefficient (Wildman–Crippen LogP) is 0.986. The van der Waals surface area contributed by atoms with Crippen LogP contribution in [0.15, 0.2) is 0 Å². The highest BCUT2D eigenvalue weighted by Gasteiger charge is 2.52. The van der Waals surface area contributed by atoms with Gasteiger partial charge in [0.25, 0.3) is 11.8 Å². The number of rotatable bonds is 4. The first kappa shape index (κ1) is 16.6. The molecule has 6 heteroatoms. The molecule has 2 heterocycles. The summed E-state index contributed by atoms with van der Waals surface area (Å²) in [6, 6.07) is -1.42. The molecule has 122 valence electrons. The predicted molar refractivity (Wildman–Crippen MR) is 79.7 cm³/mol. The third-order valence-corrected chi connectivity index (χ3v) is 4.73. The lowest BCUT2D eigenvalue weighted by Crippen LogP contribution is -2.67. The van der Waals surface area contributed by atoms with Crippen LogP contribution in [0.25, 0.3) is 0 Å². The van der Waals surface area contributed by atoms with Gasteiger partial charge in [-0.15, -0.1) is 0 Å². The Morgan fingerprint density at radius 2 is 1.82 bits per heavy atom. The van der Waals surface area contributed by atoms with E-state index in [1.807, 2.05) is 13.8 Å². The summed E-state index contributed by atoms with van der Waals surface area (Å²) >= 11 is 0. The largest absolute Gasteiger partial charge is 0.329 e. The fraction of sp³-hybridized carbons (Fsp3) is 0.750. The number of carbonyl (C=O) groups excluding carboxylic acids is 4. The van der Waals surface area contributed by atoms with Gasteiger partial charge in [-0.25, -0.2) is 0 Å². The zero-order chi connectivity index (χ0) is 16.6. The molecule has 0 N–H and O–H groups in total. The normalized spacial score (nSPS) is 26.4. The highest BCUT2D eigenvalue weighted by Crippen LogP contribution is 2.31. The maximum atomic E-state index is 12.7. The van der Waals surface area contributed by atoms with E-state index < -0.39 is 29.7 Å². The number of amides is 3. The van der Waals surface area contributed by atoms with Crippen molar-refractivity contribution in [2.75, 3.05) is 6.54 Å². The molecule has 6 nitrogen and oxygen atoms in total. The van der Waals surface area contributed by atoms with Gasteiger partial charge < -0.3 is 4.90 Å². The summed E-state index contributed by atoms with van der Waals surface area (Å²) in [5.74, 6) is -2.68. The fourth-order valence-electron chi connectivity index (χ4n) is 3.18. The summed E-state index contributed by atoms with van der Waals surface area (Å²) in [6.07, 6.45) is 1.98. The number of hydrogen-bond donors (Lipinski definition) is 0. The van der Waals surface area contributed by atoms with Gasteiger partial charge >= 0.3 is 0 Å². The van der Waals surface area contributed by atoms with Crippen LogP contribution in [-0.2, 0) is 19.2 Å². The van der Waals surface area contributed by atoms with Crippen LogP contribution in [-0.4, -0.2) is 51.9 Å². The average molecular weight is 308 g/mol. The van der Waals surface area contributed by atoms with Gasteiger partial charge in [0.1, 0.15) is 12.1 Å². The molecule has 0 saturated carbocycles. The quantitative estimate of drug-likeness (QED) is 0.726. The molecule has 22 heavy (non-hydrogen) atoms. The zero-order valence-electron chi connectivity index (χ0n) is 13.7. The zero-order valence-corrected chi connectivity index (χ0v) is 13.7. The van der Waals surface area contributed by atoms with Crippen LogP contribution in [0, 0.1) is 11.8 Å². The number of nitrogens with zero attached hydrogens (tertiary/aromatic N) is 2. The summed E-state index contributed by atoms with van der Waals surface area (Å²) in [6.45, 7) is 7.55. The lowest BCUT2D eigenvalue weighted by Gasteiger charge is -2.43. The molecule has 2 aliphatic heterocycles. The van der Waals surface area contributed by atoms with E-state index in [9.17, 15) is 19.2 Å². The first-order valence-electron chi connectivity index (χ1n) is 8.02. The fourth-order valence-corrected chi connectivity index (χ4v) is 3.18. The van der Waals surface area contributed by atoms with Crippen LogP contribution in [0.3, 0.4) is 0 Å². The summed E-state index contributed by atoms with van der Waals surface area (Å²) in [4.78, 5) is 52.6. The summed E-state index contributed by atoms with van der Waals surface area (Å²) in [5, 5.41) is 0. The van der Waals surface area contributed by atoms with Crippen molar-refractivity contribution >= 4 is 23.5 Å². The lowest BCUT2D eigenvalue weighted by molar-refractivity contribution is -0.170. The Morgan fingerprint density at radius 1 is 1.18 bits per heavy atom. The minimum atomic E-state index is -0.845. The molecule has 0 aliphatic carbocycles. The monoisotopic (exact) mass is 308 g/mol. The molecule has 2 aliphatic rings. The molecule has 3 amide bonds. The van der Waals surface area contributed by atoms with Crippen molar-refractivity contribution in [3.63, 3.8) is 0 Å². The number of piperazine rings is 1. The molecule has 2 saturated heterocycles. The van der Waals surface area contributed by atoms with Crippen molar-refractivity contribution in [3.05, 3.63) is 0 Å². The van der Waals surface area contributed by atoms with E-state index in [1.165, 1.54) is 0 Å². The second-order valence-corrected chi connectivity index (χ2v) is 6.55. The second kappa shape index (κ2) is 6.18. The lowest BCUT2D eigenvalue weighted by atomic mass is 9.91. The highest BCUT2D eigenvalue weighted by molar-refractivity contribution is 6.40. The third kappa shape index (κ3) is 2.55. The average Bonchev–Trinajstić information content (AvgIpc) is 2.98. The van der Waals surface area contributed by atoms with Gasteiger partial charge in [-0.2, -0.15) is 0 Å². The molecular weight excluding hydrogens is 284 g/mol. The minimum Gasteiger partial charge on any atom is -0.329 e. The van der Waals surface area contributed by atoms with Crippen LogP contribution >= 0.6 is 0 Å². The molecular formula is C16H24N2O4. The van der Waals surface area contributed by atoms with Crippen LogP contribution in [0.1, 0.15) is 47.0 Å². The molecule has 3 atom stereocenters. The van der Waals surface area contributed by atoms with Crippen molar-refractivity contribution in [2.24, 2.45) is 11.8 Å². The van der Waals surface area contributed by atoms with Gasteiger partial charge in [0.15, 0.2) is 0 Å². The molecule has 2 rings (SSSR count). The van der Waals surface area contributed by atoms with Crippen LogP contribution in [0.2, 0.25) is 0 Å². The smallest absolute Gasteiger partial charge is 0.297 e. The molecule has 3 unspecified atom stereocenters. The van der Waals surface area contributed by atoms with Crippen molar-refractivity contribution in [3.8, 4) is 0 Å². The number of imide groups is 1. The summed E-state index contributed by atoms with van der Waals surface area (Å²) < 4.78 is 0. The molecule has 0 bridgehead atoms. The number of hydrogen-bond acceptors (Lipinski definition) is 4. The Hall–Kier alpha value is -1.72. The van der Waals surface area contributed by atoms with E-state index in [0.29, 0.717) is 19.4 Å². The molecule has 0 radical (unpaired) electrons. The molecule has 0 aromatic heterocycles. The standard InChI is InChI=1S/C16H24N2O4/c1-5-10(4)12-15(21)17-8-6-7-11(17)14(20)18(12)16(22)13(19)9(2)3/h9-12H,5-8H2,1-4H3. The summed E-state index contributed by atoms with van der Waals surface area (Å²) in [5.41, 5.74) is 0. The van der Waals surface area contributed by atoms with Gasteiger partial charge in [-0.3, -0.25) is 24.1 Å². The van der Waals surface area contributed by atoms with E-state index >= 15 is 0 Å². The van der Waals surface area contributed by atoms with Gasteiger partial charge in [-0.1, -0.05) is 34.1 Å². The van der Waals surface area contributed by atoms with Crippen molar-refractivity contribution in [1.82, 2.24) is 9.80 Å². The third-order valence-electron chi connectivity index (χ3n) is 4.73. The van der Waals surface area contributed by atoms with Gasteiger partial charge in [0.05, 0.1) is 0 Å². The van der Waals surface area contributed by atoms with E-state index in [2.05, 4.69) is 0 Å². The van der Waals surface area contributed by atoms with E-state index in [1.54, 1.807) is 18.7 Å². The topological polar surface area (TPSA) is 74.8 Å². The van der Waals surface area contributed by atoms with Crippen LogP contribution in [0.5, 0.6) is 0 Å². The SMILES string of the molecule is CCC(C)C1C(=O)N2CCCC2C(=O)N1C(=O)C(=O)C(C)C. The Labute approximate surface area is 130 Å². The number of carbonyl (C=O) groups is 4. The Morgan fingerprint density at radius 3 is 2.36 bits per heavy atom. The number of Topliss-reactive ketones (excluding diaryl/α,β-unsaturated/α-hetero) is 1. The maximum Gasteiger partial charge on any atom is 0.297 e. The number of fused-ring (bicyclic) bond motifs is 1. The van der Waals surface area contributed by atoms with Crippen LogP contribution < -0.4 is 0 Å². The maximum absolute atomic E-state index is 12.7. The summed E-state index contributed by atoms with van der Waals surface area (Å²) in [7, 11) is 0. The van der Waals surface area contributed by atoms with Gasteiger partial charge in [0, 0.05) is 12.5 Å². The van der Waals surface area contributed by atoms with Crippen molar-refractivity contribution in [1.29, 1.82) is 0 Å². The molecule has 0 aromatic carbocycles. The number of ketones is 1. The Bertz CT molecular complexity index is 514. The first-order chi connectivity index (χ1) is 10.3. The molecule has 2 fully saturated rings. The van der Waals surface area contributed by atoms with Gasteiger partial charge in [0.2, 0.25) is 11.7 Å². The van der Waals surface area contributed by atoms with Crippen molar-refractivity contribution < 1.29 is 19.2 Å². The van der Waals surface area contributed by atoms with Gasteiger partial charge in [-0.05, 0) is 18.8 Å². The Kier molecular flexibility index (Phi) is 4.68.